The Balaban J connectivity index is 2.23. The molecule has 2 rings (SSSR count). The molecule has 7 heteroatoms. The van der Waals surface area contributed by atoms with Gasteiger partial charge in [-0.1, -0.05) is 36.1 Å². The molecule has 0 aliphatic carbocycles. The van der Waals surface area contributed by atoms with Crippen LogP contribution in [0.1, 0.15) is 5.56 Å². The number of carbonyl (C=O) groups excluding carboxylic acids is 2. The van der Waals surface area contributed by atoms with E-state index in [1.54, 1.807) is 0 Å². The van der Waals surface area contributed by atoms with Gasteiger partial charge in [0.05, 0.1) is 17.4 Å². The van der Waals surface area contributed by atoms with Gasteiger partial charge in [0.2, 0.25) is 0 Å². The second-order valence-electron chi connectivity index (χ2n) is 3.69. The molecule has 19 heavy (non-hydrogen) atoms. The SMILES string of the molecule is O=C([O-])CN1C(=O)/C(=C\c2ccc(F)cc2)SC1=S. The topological polar surface area (TPSA) is 60.4 Å². The lowest BCUT2D eigenvalue weighted by Gasteiger charge is -2.14. The van der Waals surface area contributed by atoms with E-state index in [1.807, 2.05) is 0 Å². The van der Waals surface area contributed by atoms with Gasteiger partial charge in [0, 0.05) is 0 Å². The predicted octanol–water partition coefficient (Wildman–Crippen LogP) is 0.777. The van der Waals surface area contributed by atoms with E-state index in [-0.39, 0.29) is 10.1 Å². The average molecular weight is 296 g/mol. The maximum atomic E-state index is 12.8. The van der Waals surface area contributed by atoms with Crippen LogP contribution in [0.15, 0.2) is 29.2 Å². The molecular weight excluding hydrogens is 289 g/mol. The van der Waals surface area contributed by atoms with Gasteiger partial charge in [0.1, 0.15) is 10.1 Å². The zero-order valence-corrected chi connectivity index (χ0v) is 11.1. The first-order valence-electron chi connectivity index (χ1n) is 5.18. The molecule has 0 unspecified atom stereocenters. The van der Waals surface area contributed by atoms with Gasteiger partial charge in [-0.05, 0) is 23.8 Å². The van der Waals surface area contributed by atoms with Gasteiger partial charge in [0.15, 0.2) is 0 Å². The highest BCUT2D eigenvalue weighted by atomic mass is 32.2. The summed E-state index contributed by atoms with van der Waals surface area (Å²) in [7, 11) is 0. The molecule has 4 nitrogen and oxygen atoms in total. The van der Waals surface area contributed by atoms with Crippen molar-refractivity contribution in [3.05, 3.63) is 40.6 Å². The van der Waals surface area contributed by atoms with Crippen molar-refractivity contribution >= 4 is 46.3 Å². The second-order valence-corrected chi connectivity index (χ2v) is 5.37. The standard InChI is InChI=1S/C12H8FNO3S2/c13-8-3-1-7(2-4-8)5-9-11(17)14(6-10(15)16)12(18)19-9/h1-5H,6H2,(H,15,16)/p-1/b9-5+. The Kier molecular flexibility index (Phi) is 3.96. The van der Waals surface area contributed by atoms with E-state index in [4.69, 9.17) is 12.2 Å². The maximum Gasteiger partial charge on any atom is 0.266 e. The summed E-state index contributed by atoms with van der Waals surface area (Å²) in [6, 6.07) is 5.57. The van der Waals surface area contributed by atoms with Crippen LogP contribution >= 0.6 is 24.0 Å². The number of carboxylic acids is 1. The number of aliphatic carboxylic acids is 1. The van der Waals surface area contributed by atoms with Crippen LogP contribution in [0.2, 0.25) is 0 Å². The van der Waals surface area contributed by atoms with Gasteiger partial charge >= 0.3 is 0 Å². The zero-order valence-electron chi connectivity index (χ0n) is 9.46. The molecule has 1 fully saturated rings. The second kappa shape index (κ2) is 5.50. The minimum Gasteiger partial charge on any atom is -0.548 e. The monoisotopic (exact) mass is 296 g/mol. The number of amides is 1. The first kappa shape index (κ1) is 13.7. The molecule has 0 bridgehead atoms. The Bertz CT molecular complexity index is 583. The van der Waals surface area contributed by atoms with E-state index < -0.39 is 18.4 Å². The van der Waals surface area contributed by atoms with Crippen molar-refractivity contribution < 1.29 is 19.1 Å². The van der Waals surface area contributed by atoms with Crippen molar-refractivity contribution in [1.82, 2.24) is 4.90 Å². The number of hydrogen-bond acceptors (Lipinski definition) is 5. The number of hydrogen-bond donors (Lipinski definition) is 0. The average Bonchev–Trinajstić information content (AvgIpc) is 2.60. The van der Waals surface area contributed by atoms with E-state index in [1.165, 1.54) is 30.3 Å². The number of carboxylic acid groups (broad SMARTS) is 1. The number of thioether (sulfide) groups is 1. The molecule has 0 aromatic heterocycles. The van der Waals surface area contributed by atoms with E-state index >= 15 is 0 Å². The molecule has 1 heterocycles. The van der Waals surface area contributed by atoms with E-state index in [9.17, 15) is 19.1 Å². The molecule has 1 aliphatic rings. The number of halogens is 1. The number of thiocarbonyl (C=S) groups is 1. The Morgan fingerprint density at radius 3 is 2.63 bits per heavy atom. The Hall–Kier alpha value is -1.73. The van der Waals surface area contributed by atoms with Crippen LogP contribution in [0, 0.1) is 5.82 Å². The van der Waals surface area contributed by atoms with Gasteiger partial charge in [-0.2, -0.15) is 0 Å². The molecule has 1 saturated heterocycles. The third-order valence-corrected chi connectivity index (χ3v) is 3.71. The molecule has 1 aromatic carbocycles. The van der Waals surface area contributed by atoms with Crippen molar-refractivity contribution in [1.29, 1.82) is 0 Å². The third kappa shape index (κ3) is 3.18. The fourth-order valence-corrected chi connectivity index (χ4v) is 2.73. The minimum absolute atomic E-state index is 0.169. The van der Waals surface area contributed by atoms with Crippen LogP contribution < -0.4 is 5.11 Å². The summed E-state index contributed by atoms with van der Waals surface area (Å²) in [5.41, 5.74) is 0.635. The highest BCUT2D eigenvalue weighted by molar-refractivity contribution is 8.26. The summed E-state index contributed by atoms with van der Waals surface area (Å²) >= 11 is 5.93. The fourth-order valence-electron chi connectivity index (χ4n) is 1.48. The number of carbonyl (C=O) groups is 2. The van der Waals surface area contributed by atoms with Gasteiger partial charge in [-0.25, -0.2) is 4.39 Å². The van der Waals surface area contributed by atoms with Crippen molar-refractivity contribution in [2.75, 3.05) is 6.54 Å². The molecule has 1 aromatic rings. The predicted molar refractivity (Wildman–Crippen MR) is 71.3 cm³/mol. The quantitative estimate of drug-likeness (QED) is 0.609. The summed E-state index contributed by atoms with van der Waals surface area (Å²) < 4.78 is 12.9. The van der Waals surface area contributed by atoms with Crippen molar-refractivity contribution in [3.63, 3.8) is 0 Å². The van der Waals surface area contributed by atoms with Crippen LogP contribution in [0.25, 0.3) is 6.08 Å². The van der Waals surface area contributed by atoms with Crippen LogP contribution in [0.4, 0.5) is 4.39 Å². The van der Waals surface area contributed by atoms with Crippen LogP contribution in [0.3, 0.4) is 0 Å². The summed E-state index contributed by atoms with van der Waals surface area (Å²) in [6.07, 6.45) is 1.54. The molecule has 0 N–H and O–H groups in total. The van der Waals surface area contributed by atoms with E-state index in [0.29, 0.717) is 10.5 Å². The Labute approximate surface area is 117 Å². The lowest BCUT2D eigenvalue weighted by molar-refractivity contribution is -0.305. The molecular formula is C12H7FNO3S2-. The molecule has 1 amide bonds. The van der Waals surface area contributed by atoms with E-state index in [0.717, 1.165) is 16.7 Å². The molecule has 0 atom stereocenters. The number of benzene rings is 1. The Morgan fingerprint density at radius 1 is 1.42 bits per heavy atom. The van der Waals surface area contributed by atoms with E-state index in [2.05, 4.69) is 0 Å². The highest BCUT2D eigenvalue weighted by Gasteiger charge is 2.31. The summed E-state index contributed by atoms with van der Waals surface area (Å²) in [6.45, 7) is -0.564. The van der Waals surface area contributed by atoms with Crippen molar-refractivity contribution in [2.45, 2.75) is 0 Å². The minimum atomic E-state index is -1.38. The molecule has 0 radical (unpaired) electrons. The van der Waals surface area contributed by atoms with Crippen LogP contribution in [0.5, 0.6) is 0 Å². The molecule has 98 valence electrons. The largest absolute Gasteiger partial charge is 0.548 e. The van der Waals surface area contributed by atoms with Gasteiger partial charge < -0.3 is 9.90 Å². The summed E-state index contributed by atoms with van der Waals surface area (Å²) in [5, 5.41) is 10.5. The first-order chi connectivity index (χ1) is 8.97. The van der Waals surface area contributed by atoms with Gasteiger partial charge in [-0.3, -0.25) is 9.69 Å². The Morgan fingerprint density at radius 2 is 2.05 bits per heavy atom. The summed E-state index contributed by atoms with van der Waals surface area (Å²) in [4.78, 5) is 23.7. The highest BCUT2D eigenvalue weighted by Crippen LogP contribution is 2.32. The first-order valence-corrected chi connectivity index (χ1v) is 6.40. The normalized spacial score (nSPS) is 17.3. The van der Waals surface area contributed by atoms with Crippen molar-refractivity contribution in [2.24, 2.45) is 0 Å². The molecule has 1 aliphatic heterocycles. The van der Waals surface area contributed by atoms with Crippen LogP contribution in [-0.2, 0) is 9.59 Å². The molecule has 0 saturated carbocycles. The lowest BCUT2D eigenvalue weighted by atomic mass is 10.2. The third-order valence-electron chi connectivity index (χ3n) is 2.33. The zero-order chi connectivity index (χ0) is 14.0. The fraction of sp³-hybridized carbons (Fsp3) is 0.0833. The van der Waals surface area contributed by atoms with Crippen molar-refractivity contribution in [3.8, 4) is 0 Å². The maximum absolute atomic E-state index is 12.8. The summed E-state index contributed by atoms with van der Waals surface area (Å²) in [5.74, 6) is -2.23. The number of rotatable bonds is 3. The van der Waals surface area contributed by atoms with Gasteiger partial charge in [0.25, 0.3) is 5.91 Å². The lowest BCUT2D eigenvalue weighted by Crippen LogP contribution is -2.40. The molecule has 0 spiro atoms. The van der Waals surface area contributed by atoms with Crippen LogP contribution in [-0.4, -0.2) is 27.6 Å². The van der Waals surface area contributed by atoms with Gasteiger partial charge in [-0.15, -0.1) is 0 Å². The number of nitrogens with zero attached hydrogens (tertiary/aromatic N) is 1. The smallest absolute Gasteiger partial charge is 0.266 e.